The molecular weight excluding hydrogens is 230 g/mol. The summed E-state index contributed by atoms with van der Waals surface area (Å²) in [6.45, 7) is 1.84. The van der Waals surface area contributed by atoms with Crippen LogP contribution in [0.5, 0.6) is 0 Å². The molecule has 1 aromatic carbocycles. The molecule has 0 bridgehead atoms. The van der Waals surface area contributed by atoms with E-state index in [0.717, 1.165) is 12.0 Å². The molecule has 2 atom stereocenters. The van der Waals surface area contributed by atoms with E-state index in [1.54, 1.807) is 0 Å². The number of aliphatic carboxylic acids is 1. The van der Waals surface area contributed by atoms with E-state index in [0.29, 0.717) is 6.42 Å². The number of carboxylic acids is 1. The second-order valence-electron chi connectivity index (χ2n) is 4.80. The largest absolute Gasteiger partial charge is 0.481 e. The molecule has 96 valence electrons. The fraction of sp³-hybridized carbons (Fsp3) is 0.429. The number of rotatable bonds is 5. The van der Waals surface area contributed by atoms with Gasteiger partial charge in [0.25, 0.3) is 0 Å². The van der Waals surface area contributed by atoms with Gasteiger partial charge in [-0.3, -0.25) is 9.59 Å². The number of nitrogens with one attached hydrogen (secondary N) is 1. The van der Waals surface area contributed by atoms with Gasteiger partial charge >= 0.3 is 5.97 Å². The first-order valence-corrected chi connectivity index (χ1v) is 6.18. The second-order valence-corrected chi connectivity index (χ2v) is 4.80. The van der Waals surface area contributed by atoms with Crippen LogP contribution in [0.15, 0.2) is 24.3 Å². The Labute approximate surface area is 106 Å². The smallest absolute Gasteiger partial charge is 0.303 e. The number of benzene rings is 1. The Kier molecular flexibility index (Phi) is 3.65. The Morgan fingerprint density at radius 3 is 2.83 bits per heavy atom. The molecule has 0 saturated carbocycles. The monoisotopic (exact) mass is 247 g/mol. The Hall–Kier alpha value is -1.84. The maximum Gasteiger partial charge on any atom is 0.303 e. The van der Waals surface area contributed by atoms with Crippen LogP contribution in [-0.4, -0.2) is 23.0 Å². The molecule has 0 fully saturated rings. The summed E-state index contributed by atoms with van der Waals surface area (Å²) in [6, 6.07) is 7.83. The van der Waals surface area contributed by atoms with Crippen LogP contribution in [0, 0.1) is 0 Å². The minimum Gasteiger partial charge on any atom is -0.481 e. The Bertz CT molecular complexity index is 470. The molecule has 0 heterocycles. The number of carbonyl (C=O) groups excluding carboxylic acids is 1. The van der Waals surface area contributed by atoms with Gasteiger partial charge in [0.15, 0.2) is 0 Å². The van der Waals surface area contributed by atoms with Gasteiger partial charge in [0, 0.05) is 12.5 Å². The van der Waals surface area contributed by atoms with Crippen LogP contribution >= 0.6 is 0 Å². The molecule has 1 amide bonds. The lowest BCUT2D eigenvalue weighted by Crippen LogP contribution is -2.40. The van der Waals surface area contributed by atoms with Crippen molar-refractivity contribution in [2.24, 2.45) is 0 Å². The molecule has 2 unspecified atom stereocenters. The standard InChI is InChI=1S/C14H17NO3/c1-9(6-7-13(16)17)15-14(18)12-8-10-4-2-3-5-11(10)12/h2-5,9,12H,6-8H2,1H3,(H,15,18)(H,16,17). The Morgan fingerprint density at radius 1 is 1.44 bits per heavy atom. The lowest BCUT2D eigenvalue weighted by Gasteiger charge is -2.30. The Balaban J connectivity index is 1.85. The van der Waals surface area contributed by atoms with E-state index in [1.807, 2.05) is 31.2 Å². The number of amides is 1. The average Bonchev–Trinajstić information content (AvgIpc) is 2.28. The van der Waals surface area contributed by atoms with Gasteiger partial charge in [-0.1, -0.05) is 24.3 Å². The number of hydrogen-bond acceptors (Lipinski definition) is 2. The maximum atomic E-state index is 12.0. The maximum absolute atomic E-state index is 12.0. The summed E-state index contributed by atoms with van der Waals surface area (Å²) in [6.07, 6.45) is 1.34. The molecule has 0 aliphatic heterocycles. The summed E-state index contributed by atoms with van der Waals surface area (Å²) in [4.78, 5) is 22.4. The minimum atomic E-state index is -0.829. The van der Waals surface area contributed by atoms with Crippen LogP contribution in [0.3, 0.4) is 0 Å². The summed E-state index contributed by atoms with van der Waals surface area (Å²) >= 11 is 0. The van der Waals surface area contributed by atoms with E-state index in [9.17, 15) is 9.59 Å². The zero-order chi connectivity index (χ0) is 13.1. The normalized spacial score (nSPS) is 18.4. The van der Waals surface area contributed by atoms with Gasteiger partial charge in [-0.15, -0.1) is 0 Å². The molecule has 1 aliphatic rings. The molecule has 2 rings (SSSR count). The molecule has 1 aliphatic carbocycles. The number of fused-ring (bicyclic) bond motifs is 1. The predicted molar refractivity (Wildman–Crippen MR) is 67.4 cm³/mol. The van der Waals surface area contributed by atoms with E-state index in [1.165, 1.54) is 5.56 Å². The van der Waals surface area contributed by atoms with Crippen LogP contribution in [0.4, 0.5) is 0 Å². The van der Waals surface area contributed by atoms with Gasteiger partial charge in [0.05, 0.1) is 5.92 Å². The van der Waals surface area contributed by atoms with Crippen molar-refractivity contribution in [3.05, 3.63) is 35.4 Å². The lowest BCUT2D eigenvalue weighted by molar-refractivity contribution is -0.137. The van der Waals surface area contributed by atoms with Gasteiger partial charge in [0.2, 0.25) is 5.91 Å². The van der Waals surface area contributed by atoms with Gasteiger partial charge in [-0.2, -0.15) is 0 Å². The molecule has 0 radical (unpaired) electrons. The summed E-state index contributed by atoms with van der Waals surface area (Å²) in [5, 5.41) is 11.5. The van der Waals surface area contributed by atoms with Gasteiger partial charge in [0.1, 0.15) is 0 Å². The van der Waals surface area contributed by atoms with Crippen LogP contribution in [0.1, 0.15) is 36.8 Å². The molecular formula is C14H17NO3. The summed E-state index contributed by atoms with van der Waals surface area (Å²) < 4.78 is 0. The predicted octanol–water partition coefficient (Wildman–Crippen LogP) is 1.70. The third-order valence-corrected chi connectivity index (χ3v) is 3.35. The first kappa shape index (κ1) is 12.6. The van der Waals surface area contributed by atoms with Crippen LogP contribution in [0.25, 0.3) is 0 Å². The van der Waals surface area contributed by atoms with Crippen molar-refractivity contribution < 1.29 is 14.7 Å². The first-order chi connectivity index (χ1) is 8.58. The summed E-state index contributed by atoms with van der Waals surface area (Å²) in [5.41, 5.74) is 2.33. The molecule has 1 aromatic rings. The van der Waals surface area contributed by atoms with Crippen molar-refractivity contribution in [2.45, 2.75) is 38.1 Å². The van der Waals surface area contributed by atoms with E-state index in [2.05, 4.69) is 5.32 Å². The number of carbonyl (C=O) groups is 2. The summed E-state index contributed by atoms with van der Waals surface area (Å²) in [7, 11) is 0. The fourth-order valence-electron chi connectivity index (χ4n) is 2.25. The Morgan fingerprint density at radius 2 is 2.17 bits per heavy atom. The number of carboxylic acid groups (broad SMARTS) is 1. The third kappa shape index (κ3) is 2.70. The topological polar surface area (TPSA) is 66.4 Å². The van der Waals surface area contributed by atoms with E-state index < -0.39 is 5.97 Å². The van der Waals surface area contributed by atoms with Gasteiger partial charge < -0.3 is 10.4 Å². The SMILES string of the molecule is CC(CCC(=O)O)NC(=O)C1Cc2ccccc21. The van der Waals surface area contributed by atoms with E-state index in [4.69, 9.17) is 5.11 Å². The molecule has 4 heteroatoms. The van der Waals surface area contributed by atoms with Crippen molar-refractivity contribution in [3.63, 3.8) is 0 Å². The molecule has 0 spiro atoms. The highest BCUT2D eigenvalue weighted by atomic mass is 16.4. The zero-order valence-corrected chi connectivity index (χ0v) is 10.3. The molecule has 4 nitrogen and oxygen atoms in total. The van der Waals surface area contributed by atoms with Gasteiger partial charge in [-0.25, -0.2) is 0 Å². The highest BCUT2D eigenvalue weighted by Crippen LogP contribution is 2.34. The molecule has 0 aromatic heterocycles. The lowest BCUT2D eigenvalue weighted by atomic mass is 9.77. The second kappa shape index (κ2) is 5.21. The average molecular weight is 247 g/mol. The first-order valence-electron chi connectivity index (χ1n) is 6.18. The van der Waals surface area contributed by atoms with E-state index >= 15 is 0 Å². The van der Waals surface area contributed by atoms with Crippen LogP contribution < -0.4 is 5.32 Å². The van der Waals surface area contributed by atoms with Crippen molar-refractivity contribution in [2.75, 3.05) is 0 Å². The highest BCUT2D eigenvalue weighted by molar-refractivity contribution is 5.87. The van der Waals surface area contributed by atoms with Gasteiger partial charge in [-0.05, 0) is 30.9 Å². The van der Waals surface area contributed by atoms with Crippen molar-refractivity contribution >= 4 is 11.9 Å². The molecule has 18 heavy (non-hydrogen) atoms. The van der Waals surface area contributed by atoms with Crippen LogP contribution in [-0.2, 0) is 16.0 Å². The minimum absolute atomic E-state index is 0.00610. The third-order valence-electron chi connectivity index (χ3n) is 3.35. The van der Waals surface area contributed by atoms with Crippen LogP contribution in [0.2, 0.25) is 0 Å². The number of hydrogen-bond donors (Lipinski definition) is 2. The van der Waals surface area contributed by atoms with Crippen molar-refractivity contribution in [1.82, 2.24) is 5.32 Å². The quantitative estimate of drug-likeness (QED) is 0.832. The zero-order valence-electron chi connectivity index (χ0n) is 10.3. The fourth-order valence-corrected chi connectivity index (χ4v) is 2.25. The van der Waals surface area contributed by atoms with Crippen molar-refractivity contribution in [3.8, 4) is 0 Å². The molecule has 0 saturated heterocycles. The van der Waals surface area contributed by atoms with E-state index in [-0.39, 0.29) is 24.3 Å². The molecule has 2 N–H and O–H groups in total. The summed E-state index contributed by atoms with van der Waals surface area (Å²) in [5.74, 6) is -0.884. The highest BCUT2D eigenvalue weighted by Gasteiger charge is 2.32. The van der Waals surface area contributed by atoms with Crippen molar-refractivity contribution in [1.29, 1.82) is 0 Å².